The lowest BCUT2D eigenvalue weighted by Gasteiger charge is -2.21. The SMILES string of the molecule is CN=C(NCc1cc(OC)c(OC)c(OC)c1)NC(C)C(C)C.I. The lowest BCUT2D eigenvalue weighted by Crippen LogP contribution is -2.43. The van der Waals surface area contributed by atoms with Crippen LogP contribution in [0.4, 0.5) is 0 Å². The molecule has 0 aromatic heterocycles. The van der Waals surface area contributed by atoms with E-state index in [1.54, 1.807) is 28.4 Å². The highest BCUT2D eigenvalue weighted by molar-refractivity contribution is 14.0. The fourth-order valence-electron chi connectivity index (χ4n) is 2.00. The van der Waals surface area contributed by atoms with Gasteiger partial charge in [-0.3, -0.25) is 4.99 Å². The summed E-state index contributed by atoms with van der Waals surface area (Å²) in [6.45, 7) is 7.08. The van der Waals surface area contributed by atoms with E-state index in [-0.39, 0.29) is 24.0 Å². The summed E-state index contributed by atoms with van der Waals surface area (Å²) in [5, 5.41) is 6.67. The third-order valence-electron chi connectivity index (χ3n) is 3.77. The first-order valence-electron chi connectivity index (χ1n) is 7.72. The molecule has 0 aliphatic rings. The molecule has 0 aliphatic carbocycles. The van der Waals surface area contributed by atoms with E-state index in [1.807, 2.05) is 12.1 Å². The molecule has 1 atom stereocenters. The van der Waals surface area contributed by atoms with Gasteiger partial charge in [0.25, 0.3) is 0 Å². The Hall–Kier alpha value is -1.38. The van der Waals surface area contributed by atoms with Crippen molar-refractivity contribution in [3.8, 4) is 17.2 Å². The van der Waals surface area contributed by atoms with Crippen LogP contribution in [0, 0.1) is 5.92 Å². The summed E-state index contributed by atoms with van der Waals surface area (Å²) in [5.74, 6) is 3.16. The molecule has 0 amide bonds. The molecule has 6 nitrogen and oxygen atoms in total. The Balaban J connectivity index is 0.00000529. The average molecular weight is 451 g/mol. The lowest BCUT2D eigenvalue weighted by molar-refractivity contribution is 0.323. The fraction of sp³-hybridized carbons (Fsp3) is 0.588. The van der Waals surface area contributed by atoms with E-state index in [2.05, 4.69) is 36.4 Å². The zero-order valence-corrected chi connectivity index (χ0v) is 17.9. The van der Waals surface area contributed by atoms with Crippen molar-refractivity contribution in [1.82, 2.24) is 10.6 Å². The zero-order valence-electron chi connectivity index (χ0n) is 15.6. The fourth-order valence-corrected chi connectivity index (χ4v) is 2.00. The molecule has 0 heterocycles. The molecule has 2 N–H and O–H groups in total. The monoisotopic (exact) mass is 451 g/mol. The summed E-state index contributed by atoms with van der Waals surface area (Å²) in [4.78, 5) is 4.25. The number of halogens is 1. The Bertz CT molecular complexity index is 511. The Morgan fingerprint density at radius 1 is 1.04 bits per heavy atom. The molecule has 1 rings (SSSR count). The smallest absolute Gasteiger partial charge is 0.203 e. The number of nitrogens with zero attached hydrogens (tertiary/aromatic N) is 1. The number of benzene rings is 1. The van der Waals surface area contributed by atoms with Crippen molar-refractivity contribution in [1.29, 1.82) is 0 Å². The maximum atomic E-state index is 5.37. The van der Waals surface area contributed by atoms with Gasteiger partial charge < -0.3 is 24.8 Å². The van der Waals surface area contributed by atoms with E-state index < -0.39 is 0 Å². The van der Waals surface area contributed by atoms with Crippen molar-refractivity contribution in [2.24, 2.45) is 10.9 Å². The van der Waals surface area contributed by atoms with Crippen molar-refractivity contribution < 1.29 is 14.2 Å². The van der Waals surface area contributed by atoms with Crippen LogP contribution in [-0.4, -0.2) is 40.4 Å². The van der Waals surface area contributed by atoms with Gasteiger partial charge in [0.15, 0.2) is 17.5 Å². The topological polar surface area (TPSA) is 64.1 Å². The van der Waals surface area contributed by atoms with Gasteiger partial charge in [0, 0.05) is 19.6 Å². The van der Waals surface area contributed by atoms with Gasteiger partial charge in [0.1, 0.15) is 0 Å². The number of nitrogens with one attached hydrogen (secondary N) is 2. The van der Waals surface area contributed by atoms with E-state index in [9.17, 15) is 0 Å². The molecule has 0 fully saturated rings. The van der Waals surface area contributed by atoms with Crippen LogP contribution < -0.4 is 24.8 Å². The Labute approximate surface area is 162 Å². The Morgan fingerprint density at radius 2 is 1.58 bits per heavy atom. The Kier molecular flexibility index (Phi) is 10.6. The molecule has 0 aliphatic heterocycles. The summed E-state index contributed by atoms with van der Waals surface area (Å²) in [6, 6.07) is 4.18. The van der Waals surface area contributed by atoms with Gasteiger partial charge in [0.05, 0.1) is 21.3 Å². The van der Waals surface area contributed by atoms with E-state index in [1.165, 1.54) is 0 Å². The van der Waals surface area contributed by atoms with Gasteiger partial charge in [-0.25, -0.2) is 0 Å². The van der Waals surface area contributed by atoms with Crippen molar-refractivity contribution in [2.45, 2.75) is 33.4 Å². The van der Waals surface area contributed by atoms with Crippen molar-refractivity contribution in [2.75, 3.05) is 28.4 Å². The lowest BCUT2D eigenvalue weighted by atomic mass is 10.1. The Morgan fingerprint density at radius 3 is 1.96 bits per heavy atom. The van der Waals surface area contributed by atoms with E-state index in [4.69, 9.17) is 14.2 Å². The molecule has 1 unspecified atom stereocenters. The van der Waals surface area contributed by atoms with Gasteiger partial charge in [-0.15, -0.1) is 24.0 Å². The normalized spacial score (nSPS) is 12.2. The minimum atomic E-state index is 0. The number of hydrogen-bond acceptors (Lipinski definition) is 4. The maximum Gasteiger partial charge on any atom is 0.203 e. The van der Waals surface area contributed by atoms with Gasteiger partial charge in [-0.1, -0.05) is 13.8 Å². The summed E-state index contributed by atoms with van der Waals surface area (Å²) in [6.07, 6.45) is 0. The maximum absolute atomic E-state index is 5.37. The molecule has 0 radical (unpaired) electrons. The predicted octanol–water partition coefficient (Wildman–Crippen LogP) is 3.04. The molecule has 0 bridgehead atoms. The third-order valence-corrected chi connectivity index (χ3v) is 3.77. The van der Waals surface area contributed by atoms with Gasteiger partial charge >= 0.3 is 0 Å². The average Bonchev–Trinajstić information content (AvgIpc) is 2.56. The van der Waals surface area contributed by atoms with E-state index in [0.29, 0.717) is 35.8 Å². The number of hydrogen-bond donors (Lipinski definition) is 2. The molecule has 138 valence electrons. The van der Waals surface area contributed by atoms with Crippen LogP contribution in [0.3, 0.4) is 0 Å². The molecule has 1 aromatic carbocycles. The zero-order chi connectivity index (χ0) is 17.4. The van der Waals surface area contributed by atoms with Crippen LogP contribution in [0.15, 0.2) is 17.1 Å². The molecule has 0 saturated carbocycles. The van der Waals surface area contributed by atoms with Gasteiger partial charge in [-0.2, -0.15) is 0 Å². The van der Waals surface area contributed by atoms with Crippen LogP contribution in [0.2, 0.25) is 0 Å². The summed E-state index contributed by atoms with van der Waals surface area (Å²) in [7, 11) is 6.58. The summed E-state index contributed by atoms with van der Waals surface area (Å²) in [5.41, 5.74) is 1.01. The standard InChI is InChI=1S/C17H29N3O3.HI/c1-11(2)12(3)20-17(18-4)19-10-13-8-14(21-5)16(23-7)15(9-13)22-6;/h8-9,11-12H,10H2,1-7H3,(H2,18,19,20);1H. The van der Waals surface area contributed by atoms with E-state index in [0.717, 1.165) is 11.5 Å². The molecule has 1 aromatic rings. The minimum Gasteiger partial charge on any atom is -0.493 e. The number of ether oxygens (including phenoxy) is 3. The second kappa shape index (κ2) is 11.2. The second-order valence-corrected chi connectivity index (χ2v) is 5.64. The summed E-state index contributed by atoms with van der Waals surface area (Å²) >= 11 is 0. The molecule has 0 saturated heterocycles. The highest BCUT2D eigenvalue weighted by Gasteiger charge is 2.14. The molecule has 0 spiro atoms. The van der Waals surface area contributed by atoms with Crippen molar-refractivity contribution in [3.63, 3.8) is 0 Å². The quantitative estimate of drug-likeness (QED) is 0.379. The van der Waals surface area contributed by atoms with Gasteiger partial charge in [-0.05, 0) is 30.5 Å². The predicted molar refractivity (Wildman–Crippen MR) is 109 cm³/mol. The third kappa shape index (κ3) is 6.26. The molecular formula is C17H30IN3O3. The molecule has 7 heteroatoms. The van der Waals surface area contributed by atoms with E-state index >= 15 is 0 Å². The van der Waals surface area contributed by atoms with Crippen LogP contribution in [0.25, 0.3) is 0 Å². The van der Waals surface area contributed by atoms with Gasteiger partial charge in [0.2, 0.25) is 5.75 Å². The first-order chi connectivity index (χ1) is 11.0. The number of guanidine groups is 1. The van der Waals surface area contributed by atoms with Crippen LogP contribution in [0.5, 0.6) is 17.2 Å². The first kappa shape index (κ1) is 22.6. The first-order valence-corrected chi connectivity index (χ1v) is 7.72. The molecule has 24 heavy (non-hydrogen) atoms. The number of methoxy groups -OCH3 is 3. The largest absolute Gasteiger partial charge is 0.493 e. The number of rotatable bonds is 7. The van der Waals surface area contributed by atoms with Crippen LogP contribution in [0.1, 0.15) is 26.3 Å². The number of aliphatic imine (C=N–C) groups is 1. The second-order valence-electron chi connectivity index (χ2n) is 5.64. The highest BCUT2D eigenvalue weighted by atomic mass is 127. The van der Waals surface area contributed by atoms with Crippen LogP contribution >= 0.6 is 24.0 Å². The van der Waals surface area contributed by atoms with Crippen molar-refractivity contribution in [3.05, 3.63) is 17.7 Å². The molecular weight excluding hydrogens is 421 g/mol. The van der Waals surface area contributed by atoms with Crippen molar-refractivity contribution >= 4 is 29.9 Å². The minimum absolute atomic E-state index is 0. The van der Waals surface area contributed by atoms with Crippen LogP contribution in [-0.2, 0) is 6.54 Å². The summed E-state index contributed by atoms with van der Waals surface area (Å²) < 4.78 is 16.1. The highest BCUT2D eigenvalue weighted by Crippen LogP contribution is 2.38.